The number of aliphatic hydroxyl groups excluding tert-OH is 1. The third kappa shape index (κ3) is 5.19. The van der Waals surface area contributed by atoms with Gasteiger partial charge in [-0.3, -0.25) is 4.79 Å². The third-order valence-electron chi connectivity index (χ3n) is 6.50. The number of rotatable bonds is 7. The molecule has 1 aliphatic carbocycles. The molecule has 176 valence electrons. The molecule has 1 saturated carbocycles. The summed E-state index contributed by atoms with van der Waals surface area (Å²) in [6, 6.07) is 11.0. The second-order valence-electron chi connectivity index (χ2n) is 9.11. The van der Waals surface area contributed by atoms with E-state index in [1.807, 2.05) is 12.1 Å². The number of fused-ring (bicyclic) bond motifs is 1. The number of aryl methyl sites for hydroxylation is 1. The van der Waals surface area contributed by atoms with Gasteiger partial charge in [0.25, 0.3) is 5.91 Å². The molecule has 2 aromatic carbocycles. The Kier molecular flexibility index (Phi) is 7.28. The molecule has 1 unspecified atom stereocenters. The van der Waals surface area contributed by atoms with E-state index in [9.17, 15) is 14.3 Å². The molecule has 1 heterocycles. The maximum atomic E-state index is 14.6. The number of amides is 1. The monoisotopic (exact) mass is 452 g/mol. The quantitative estimate of drug-likeness (QED) is 0.436. The summed E-state index contributed by atoms with van der Waals surface area (Å²) in [6.45, 7) is 3.74. The first-order valence-electron chi connectivity index (χ1n) is 11.9. The Labute approximate surface area is 194 Å². The standard InChI is InChI=1S/C26H33FN4O2/c1-17-8-7-9-20(24(17)27)15-28-26-30-22-14-19(25(33)29-18(2)16-32)12-13-23(22)31(26)21-10-5-3-4-6-11-21/h7-9,12-14,18,21,32H,3-6,10-11,15-16H2,1-2H3,(H,28,30)(H,29,33). The van der Waals surface area contributed by atoms with Gasteiger partial charge in [0.1, 0.15) is 5.82 Å². The molecule has 0 saturated heterocycles. The molecular formula is C26H33FN4O2. The van der Waals surface area contributed by atoms with Gasteiger partial charge in [-0.05, 0) is 50.5 Å². The number of imidazole rings is 1. The molecule has 1 fully saturated rings. The van der Waals surface area contributed by atoms with E-state index >= 15 is 0 Å². The fourth-order valence-electron chi connectivity index (χ4n) is 4.62. The molecule has 1 atom stereocenters. The molecule has 1 aliphatic rings. The van der Waals surface area contributed by atoms with Gasteiger partial charge in [0, 0.05) is 29.8 Å². The average molecular weight is 453 g/mol. The van der Waals surface area contributed by atoms with E-state index in [1.165, 1.54) is 25.7 Å². The minimum absolute atomic E-state index is 0.117. The first-order valence-corrected chi connectivity index (χ1v) is 11.9. The molecule has 0 radical (unpaired) electrons. The third-order valence-corrected chi connectivity index (χ3v) is 6.50. The van der Waals surface area contributed by atoms with Crippen molar-refractivity contribution in [2.75, 3.05) is 11.9 Å². The van der Waals surface area contributed by atoms with Crippen LogP contribution in [0, 0.1) is 12.7 Å². The van der Waals surface area contributed by atoms with Gasteiger partial charge in [-0.1, -0.05) is 43.9 Å². The fraction of sp³-hybridized carbons (Fsp3) is 0.462. The second kappa shape index (κ2) is 10.3. The summed E-state index contributed by atoms with van der Waals surface area (Å²) in [5.74, 6) is 0.275. The van der Waals surface area contributed by atoms with Crippen LogP contribution in [0.4, 0.5) is 10.3 Å². The fourth-order valence-corrected chi connectivity index (χ4v) is 4.62. The summed E-state index contributed by atoms with van der Waals surface area (Å²) in [7, 11) is 0. The second-order valence-corrected chi connectivity index (χ2v) is 9.11. The van der Waals surface area contributed by atoms with Gasteiger partial charge in [0.05, 0.1) is 17.6 Å². The molecule has 3 N–H and O–H groups in total. The first kappa shape index (κ1) is 23.2. The molecular weight excluding hydrogens is 419 g/mol. The van der Waals surface area contributed by atoms with E-state index in [0.717, 1.165) is 23.9 Å². The molecule has 0 spiro atoms. The summed E-state index contributed by atoms with van der Waals surface area (Å²) >= 11 is 0. The Morgan fingerprint density at radius 2 is 1.97 bits per heavy atom. The normalized spacial score (nSPS) is 15.9. The molecule has 33 heavy (non-hydrogen) atoms. The van der Waals surface area contributed by atoms with Crippen LogP contribution < -0.4 is 10.6 Å². The zero-order valence-corrected chi connectivity index (χ0v) is 19.4. The molecule has 1 amide bonds. The van der Waals surface area contributed by atoms with Crippen LogP contribution >= 0.6 is 0 Å². The number of aliphatic hydroxyl groups is 1. The first-order chi connectivity index (χ1) is 16.0. The van der Waals surface area contributed by atoms with Crippen molar-refractivity contribution in [3.05, 3.63) is 58.9 Å². The maximum Gasteiger partial charge on any atom is 0.251 e. The van der Waals surface area contributed by atoms with Gasteiger partial charge in [-0.25, -0.2) is 9.37 Å². The molecule has 3 aromatic rings. The highest BCUT2D eigenvalue weighted by Gasteiger charge is 2.22. The van der Waals surface area contributed by atoms with Crippen molar-refractivity contribution in [1.82, 2.24) is 14.9 Å². The number of carbonyl (C=O) groups excluding carboxylic acids is 1. The molecule has 4 rings (SSSR count). The lowest BCUT2D eigenvalue weighted by Crippen LogP contribution is -2.34. The van der Waals surface area contributed by atoms with Crippen molar-refractivity contribution >= 4 is 22.9 Å². The number of carbonyl (C=O) groups is 1. The number of halogens is 1. The van der Waals surface area contributed by atoms with Crippen LogP contribution in [-0.2, 0) is 6.54 Å². The van der Waals surface area contributed by atoms with Crippen molar-refractivity contribution in [3.63, 3.8) is 0 Å². The summed E-state index contributed by atoms with van der Waals surface area (Å²) in [6.07, 6.45) is 7.00. The zero-order valence-electron chi connectivity index (χ0n) is 19.4. The van der Waals surface area contributed by atoms with Gasteiger partial charge in [-0.2, -0.15) is 0 Å². The van der Waals surface area contributed by atoms with E-state index in [-0.39, 0.29) is 24.4 Å². The van der Waals surface area contributed by atoms with Crippen LogP contribution in [0.1, 0.15) is 73.0 Å². The highest BCUT2D eigenvalue weighted by Crippen LogP contribution is 2.34. The minimum Gasteiger partial charge on any atom is -0.394 e. The van der Waals surface area contributed by atoms with Crippen molar-refractivity contribution < 1.29 is 14.3 Å². The van der Waals surface area contributed by atoms with Gasteiger partial charge >= 0.3 is 0 Å². The lowest BCUT2D eigenvalue weighted by atomic mass is 10.1. The lowest BCUT2D eigenvalue weighted by Gasteiger charge is -2.21. The van der Waals surface area contributed by atoms with Crippen LogP contribution in [-0.4, -0.2) is 33.2 Å². The molecule has 0 bridgehead atoms. The number of hydrogen-bond acceptors (Lipinski definition) is 4. The zero-order chi connectivity index (χ0) is 23.4. The summed E-state index contributed by atoms with van der Waals surface area (Å²) in [5, 5.41) is 15.4. The Balaban J connectivity index is 1.68. The van der Waals surface area contributed by atoms with Crippen LogP contribution in [0.2, 0.25) is 0 Å². The number of hydrogen-bond donors (Lipinski definition) is 3. The van der Waals surface area contributed by atoms with E-state index in [2.05, 4.69) is 15.2 Å². The van der Waals surface area contributed by atoms with Crippen LogP contribution in [0.5, 0.6) is 0 Å². The Morgan fingerprint density at radius 1 is 1.21 bits per heavy atom. The molecule has 0 aliphatic heterocycles. The number of aromatic nitrogens is 2. The smallest absolute Gasteiger partial charge is 0.251 e. The Morgan fingerprint density at radius 3 is 2.70 bits per heavy atom. The average Bonchev–Trinajstić information content (AvgIpc) is 2.97. The predicted octanol–water partition coefficient (Wildman–Crippen LogP) is 5.10. The van der Waals surface area contributed by atoms with Crippen molar-refractivity contribution in [2.45, 2.75) is 71.0 Å². The number of nitrogens with zero attached hydrogens (tertiary/aromatic N) is 2. The van der Waals surface area contributed by atoms with E-state index in [4.69, 9.17) is 4.98 Å². The summed E-state index contributed by atoms with van der Waals surface area (Å²) in [5.41, 5.74) is 3.44. The largest absolute Gasteiger partial charge is 0.394 e. The Hall–Kier alpha value is -2.93. The van der Waals surface area contributed by atoms with E-state index in [1.54, 1.807) is 38.1 Å². The molecule has 1 aromatic heterocycles. The highest BCUT2D eigenvalue weighted by atomic mass is 19.1. The van der Waals surface area contributed by atoms with Crippen LogP contribution in [0.25, 0.3) is 11.0 Å². The van der Waals surface area contributed by atoms with Crippen molar-refractivity contribution in [1.29, 1.82) is 0 Å². The molecule has 6 nitrogen and oxygen atoms in total. The maximum absolute atomic E-state index is 14.6. The summed E-state index contributed by atoms with van der Waals surface area (Å²) < 4.78 is 16.8. The van der Waals surface area contributed by atoms with Gasteiger partial charge in [0.15, 0.2) is 0 Å². The number of benzene rings is 2. The van der Waals surface area contributed by atoms with Gasteiger partial charge in [0.2, 0.25) is 5.95 Å². The summed E-state index contributed by atoms with van der Waals surface area (Å²) in [4.78, 5) is 17.4. The van der Waals surface area contributed by atoms with E-state index in [0.29, 0.717) is 35.2 Å². The van der Waals surface area contributed by atoms with Crippen molar-refractivity contribution in [2.24, 2.45) is 0 Å². The van der Waals surface area contributed by atoms with E-state index < -0.39 is 0 Å². The highest BCUT2D eigenvalue weighted by molar-refractivity contribution is 5.98. The number of nitrogens with one attached hydrogen (secondary N) is 2. The predicted molar refractivity (Wildman–Crippen MR) is 129 cm³/mol. The Bertz CT molecular complexity index is 1120. The molecule has 7 heteroatoms. The van der Waals surface area contributed by atoms with Gasteiger partial charge in [-0.15, -0.1) is 0 Å². The minimum atomic E-state index is -0.321. The van der Waals surface area contributed by atoms with Crippen LogP contribution in [0.3, 0.4) is 0 Å². The van der Waals surface area contributed by atoms with Crippen LogP contribution in [0.15, 0.2) is 36.4 Å². The lowest BCUT2D eigenvalue weighted by molar-refractivity contribution is 0.0922. The van der Waals surface area contributed by atoms with Gasteiger partial charge < -0.3 is 20.3 Å². The van der Waals surface area contributed by atoms with Crippen molar-refractivity contribution in [3.8, 4) is 0 Å². The number of anilines is 1. The SMILES string of the molecule is Cc1cccc(CNc2nc3cc(C(=O)NC(C)CO)ccc3n2C2CCCCCC2)c1F. The topological polar surface area (TPSA) is 79.2 Å².